The zero-order chi connectivity index (χ0) is 16.7. The fourth-order valence-corrected chi connectivity index (χ4v) is 3.54. The van der Waals surface area contributed by atoms with Crippen LogP contribution in [0.1, 0.15) is 5.69 Å². The summed E-state index contributed by atoms with van der Waals surface area (Å²) in [5.74, 6) is 0.771. The number of benzene rings is 2. The number of pyridine rings is 1. The topological polar surface area (TPSA) is 34.5 Å². The smallest absolute Gasteiger partial charge is 0.258 e. The summed E-state index contributed by atoms with van der Waals surface area (Å²) < 4.78 is 7.34. The predicted molar refractivity (Wildman–Crippen MR) is 96.5 cm³/mol. The van der Waals surface area contributed by atoms with Gasteiger partial charge in [0.2, 0.25) is 0 Å². The van der Waals surface area contributed by atoms with Crippen molar-refractivity contribution in [3.05, 3.63) is 64.6 Å². The molecule has 0 fully saturated rings. The fourth-order valence-electron chi connectivity index (χ4n) is 3.54. The van der Waals surface area contributed by atoms with Crippen molar-refractivity contribution < 1.29 is 4.74 Å². The van der Waals surface area contributed by atoms with E-state index in [1.54, 1.807) is 7.11 Å². The second-order valence-corrected chi connectivity index (χ2v) is 6.29. The van der Waals surface area contributed by atoms with E-state index in [2.05, 4.69) is 24.1 Å². The number of aromatic nitrogens is 1. The molecule has 0 saturated heterocycles. The third-order valence-corrected chi connectivity index (χ3v) is 4.77. The largest absolute Gasteiger partial charge is 0.497 e. The van der Waals surface area contributed by atoms with Crippen LogP contribution in [-0.2, 0) is 13.1 Å². The quantitative estimate of drug-likeness (QED) is 0.727. The molecule has 1 aromatic heterocycles. The van der Waals surface area contributed by atoms with E-state index < -0.39 is 0 Å². The van der Waals surface area contributed by atoms with Gasteiger partial charge in [-0.15, -0.1) is 0 Å². The molecule has 0 atom stereocenters. The lowest BCUT2D eigenvalue weighted by molar-refractivity contribution is 0.266. The maximum Gasteiger partial charge on any atom is 0.258 e. The van der Waals surface area contributed by atoms with E-state index in [9.17, 15) is 4.79 Å². The Kier molecular flexibility index (Phi) is 3.62. The van der Waals surface area contributed by atoms with Gasteiger partial charge in [-0.05, 0) is 30.8 Å². The number of methoxy groups -OCH3 is 1. The average Bonchev–Trinajstić information content (AvgIpc) is 2.62. The minimum Gasteiger partial charge on any atom is -0.497 e. The van der Waals surface area contributed by atoms with Crippen molar-refractivity contribution in [1.29, 1.82) is 0 Å². The standard InChI is InChI=1S/C20H20N2O2/c1-21-10-11-22-18(13-21)19(14-6-4-3-5-7-14)17-12-15(24-2)8-9-16(17)20(22)23/h3-9,12H,10-11,13H2,1-2H3. The van der Waals surface area contributed by atoms with Gasteiger partial charge in [-0.25, -0.2) is 0 Å². The minimum absolute atomic E-state index is 0.0930. The molecule has 0 saturated carbocycles. The first-order valence-corrected chi connectivity index (χ1v) is 8.16. The van der Waals surface area contributed by atoms with E-state index in [-0.39, 0.29) is 5.56 Å². The molecule has 2 heterocycles. The SMILES string of the molecule is COc1ccc2c(=O)n3c(c(-c4ccccc4)c2c1)CN(C)CC3. The van der Waals surface area contributed by atoms with Crippen molar-refractivity contribution >= 4 is 10.8 Å². The molecule has 1 aliphatic heterocycles. The Morgan fingerprint density at radius 1 is 1.00 bits per heavy atom. The summed E-state index contributed by atoms with van der Waals surface area (Å²) >= 11 is 0. The molecular formula is C20H20N2O2. The molecule has 0 aliphatic carbocycles. The number of rotatable bonds is 2. The molecule has 4 nitrogen and oxygen atoms in total. The molecule has 0 bridgehead atoms. The summed E-state index contributed by atoms with van der Waals surface area (Å²) in [4.78, 5) is 15.2. The monoisotopic (exact) mass is 320 g/mol. The van der Waals surface area contributed by atoms with Gasteiger partial charge in [-0.1, -0.05) is 30.3 Å². The van der Waals surface area contributed by atoms with Gasteiger partial charge >= 0.3 is 0 Å². The van der Waals surface area contributed by atoms with Gasteiger partial charge in [0, 0.05) is 41.7 Å². The number of hydrogen-bond acceptors (Lipinski definition) is 3. The van der Waals surface area contributed by atoms with Crippen molar-refractivity contribution in [3.63, 3.8) is 0 Å². The van der Waals surface area contributed by atoms with Gasteiger partial charge < -0.3 is 9.30 Å². The Bertz CT molecular complexity index is 961. The van der Waals surface area contributed by atoms with Crippen LogP contribution in [0.3, 0.4) is 0 Å². The van der Waals surface area contributed by atoms with Crippen molar-refractivity contribution in [3.8, 4) is 16.9 Å². The summed E-state index contributed by atoms with van der Waals surface area (Å²) in [5, 5.41) is 1.72. The first kappa shape index (κ1) is 15.0. The zero-order valence-corrected chi connectivity index (χ0v) is 14.0. The highest BCUT2D eigenvalue weighted by atomic mass is 16.5. The number of ether oxygens (including phenoxy) is 1. The molecule has 122 valence electrons. The van der Waals surface area contributed by atoms with Crippen LogP contribution in [0.15, 0.2) is 53.3 Å². The van der Waals surface area contributed by atoms with Crippen molar-refractivity contribution in [1.82, 2.24) is 9.47 Å². The lowest BCUT2D eigenvalue weighted by Gasteiger charge is -2.29. The highest BCUT2D eigenvalue weighted by Gasteiger charge is 2.22. The summed E-state index contributed by atoms with van der Waals surface area (Å²) in [6.45, 7) is 2.39. The molecule has 4 heteroatoms. The molecule has 0 unspecified atom stereocenters. The molecule has 1 aliphatic rings. The van der Waals surface area contributed by atoms with E-state index >= 15 is 0 Å². The summed E-state index contributed by atoms with van der Waals surface area (Å²) in [7, 11) is 3.75. The van der Waals surface area contributed by atoms with Gasteiger partial charge in [-0.3, -0.25) is 9.69 Å². The van der Waals surface area contributed by atoms with Gasteiger partial charge in [0.25, 0.3) is 5.56 Å². The number of likely N-dealkylation sites (N-methyl/N-ethyl adjacent to an activating group) is 1. The fraction of sp³-hybridized carbons (Fsp3) is 0.250. The first-order chi connectivity index (χ1) is 11.7. The van der Waals surface area contributed by atoms with Crippen LogP contribution >= 0.6 is 0 Å². The molecule has 0 amide bonds. The Labute approximate surface area is 140 Å². The van der Waals surface area contributed by atoms with E-state index in [1.807, 2.05) is 41.0 Å². The molecule has 0 radical (unpaired) electrons. The Hall–Kier alpha value is -2.59. The van der Waals surface area contributed by atoms with Crippen LogP contribution < -0.4 is 10.3 Å². The second-order valence-electron chi connectivity index (χ2n) is 6.29. The van der Waals surface area contributed by atoms with Gasteiger partial charge in [-0.2, -0.15) is 0 Å². The van der Waals surface area contributed by atoms with Gasteiger partial charge in [0.1, 0.15) is 5.75 Å². The van der Waals surface area contributed by atoms with Gasteiger partial charge in [0.05, 0.1) is 7.11 Å². The highest BCUT2D eigenvalue weighted by molar-refractivity contribution is 5.98. The van der Waals surface area contributed by atoms with E-state index in [1.165, 1.54) is 0 Å². The van der Waals surface area contributed by atoms with Gasteiger partial charge in [0.15, 0.2) is 0 Å². The third-order valence-electron chi connectivity index (χ3n) is 4.77. The zero-order valence-electron chi connectivity index (χ0n) is 14.0. The predicted octanol–water partition coefficient (Wildman–Crippen LogP) is 3.12. The van der Waals surface area contributed by atoms with Crippen LogP contribution in [0.4, 0.5) is 0 Å². The van der Waals surface area contributed by atoms with Crippen molar-refractivity contribution in [2.75, 3.05) is 20.7 Å². The van der Waals surface area contributed by atoms with Crippen LogP contribution in [0, 0.1) is 0 Å². The van der Waals surface area contributed by atoms with E-state index in [4.69, 9.17) is 4.74 Å². The number of fused-ring (bicyclic) bond motifs is 2. The lowest BCUT2D eigenvalue weighted by Crippen LogP contribution is -2.37. The van der Waals surface area contributed by atoms with E-state index in [0.29, 0.717) is 0 Å². The van der Waals surface area contributed by atoms with Crippen molar-refractivity contribution in [2.45, 2.75) is 13.1 Å². The molecule has 2 aromatic carbocycles. The Balaban J connectivity index is 2.15. The molecule has 0 spiro atoms. The number of nitrogens with zero attached hydrogens (tertiary/aromatic N) is 2. The number of hydrogen-bond donors (Lipinski definition) is 0. The average molecular weight is 320 g/mol. The molecular weight excluding hydrogens is 300 g/mol. The summed E-state index contributed by atoms with van der Waals surface area (Å²) in [6, 6.07) is 16.0. The maximum atomic E-state index is 13.0. The van der Waals surface area contributed by atoms with Crippen LogP contribution in [0.25, 0.3) is 21.9 Å². The summed E-state index contributed by atoms with van der Waals surface area (Å²) in [6.07, 6.45) is 0. The first-order valence-electron chi connectivity index (χ1n) is 8.16. The molecule has 24 heavy (non-hydrogen) atoms. The maximum absolute atomic E-state index is 13.0. The lowest BCUT2D eigenvalue weighted by atomic mass is 9.95. The minimum atomic E-state index is 0.0930. The second kappa shape index (κ2) is 5.80. The summed E-state index contributed by atoms with van der Waals surface area (Å²) in [5.41, 5.74) is 3.45. The van der Waals surface area contributed by atoms with Crippen LogP contribution in [0.5, 0.6) is 5.75 Å². The molecule has 3 aromatic rings. The highest BCUT2D eigenvalue weighted by Crippen LogP contribution is 2.34. The normalized spacial score (nSPS) is 14.6. The Morgan fingerprint density at radius 2 is 1.79 bits per heavy atom. The molecule has 0 N–H and O–H groups in total. The van der Waals surface area contributed by atoms with Crippen LogP contribution in [-0.4, -0.2) is 30.2 Å². The van der Waals surface area contributed by atoms with Crippen LogP contribution in [0.2, 0.25) is 0 Å². The van der Waals surface area contributed by atoms with E-state index in [0.717, 1.165) is 53.0 Å². The Morgan fingerprint density at radius 3 is 2.54 bits per heavy atom. The molecule has 4 rings (SSSR count). The third kappa shape index (κ3) is 2.31. The van der Waals surface area contributed by atoms with Crippen molar-refractivity contribution in [2.24, 2.45) is 0 Å².